The van der Waals surface area contributed by atoms with E-state index in [1.54, 1.807) is 6.20 Å². The van der Waals surface area contributed by atoms with E-state index < -0.39 is 0 Å². The van der Waals surface area contributed by atoms with Crippen LogP contribution in [0.2, 0.25) is 5.02 Å². The van der Waals surface area contributed by atoms with Crippen molar-refractivity contribution in [1.29, 1.82) is 0 Å². The van der Waals surface area contributed by atoms with Gasteiger partial charge in [-0.25, -0.2) is 4.98 Å². The number of pyridine rings is 1. The average Bonchev–Trinajstić information content (AvgIpc) is 2.34. The number of anilines is 1. The molecule has 0 saturated heterocycles. The van der Waals surface area contributed by atoms with Crippen LogP contribution in [0.15, 0.2) is 12.3 Å². The van der Waals surface area contributed by atoms with Crippen LogP contribution in [0.4, 0.5) is 5.82 Å². The van der Waals surface area contributed by atoms with Gasteiger partial charge in [0.25, 0.3) is 0 Å². The lowest BCUT2D eigenvalue weighted by Gasteiger charge is -2.28. The second-order valence-electron chi connectivity index (χ2n) is 5.46. The Hall–Kier alpha value is -0.800. The molecule has 0 saturated carbocycles. The highest BCUT2D eigenvalue weighted by Gasteiger charge is 2.13. The molecule has 19 heavy (non-hydrogen) atoms. The Balaban J connectivity index is 2.92. The van der Waals surface area contributed by atoms with Crippen molar-refractivity contribution in [1.82, 2.24) is 10.3 Å². The van der Waals surface area contributed by atoms with Crippen molar-refractivity contribution < 1.29 is 0 Å². The number of nitrogens with one attached hydrogen (secondary N) is 1. The van der Waals surface area contributed by atoms with Gasteiger partial charge in [-0.15, -0.1) is 0 Å². The molecule has 1 heterocycles. The minimum absolute atomic E-state index is 0.444. The molecule has 1 aromatic heterocycles. The molecule has 0 aliphatic rings. The SMILES string of the molecule is CCCN(c1cc(CNC(C)C)c(Cl)cn1)C(C)C. The smallest absolute Gasteiger partial charge is 0.129 e. The molecular formula is C15H26ClN3. The van der Waals surface area contributed by atoms with Crippen molar-refractivity contribution >= 4 is 17.4 Å². The number of aromatic nitrogens is 1. The summed E-state index contributed by atoms with van der Waals surface area (Å²) in [7, 11) is 0. The van der Waals surface area contributed by atoms with Crippen LogP contribution >= 0.6 is 11.6 Å². The predicted molar refractivity (Wildman–Crippen MR) is 84.0 cm³/mol. The maximum Gasteiger partial charge on any atom is 0.129 e. The third kappa shape index (κ3) is 5.00. The fraction of sp³-hybridized carbons (Fsp3) is 0.667. The van der Waals surface area contributed by atoms with Gasteiger partial charge in [-0.3, -0.25) is 0 Å². The van der Waals surface area contributed by atoms with Crippen molar-refractivity contribution in [2.45, 2.75) is 59.7 Å². The van der Waals surface area contributed by atoms with E-state index in [2.05, 4.69) is 55.9 Å². The highest BCUT2D eigenvalue weighted by Crippen LogP contribution is 2.22. The number of rotatable bonds is 7. The summed E-state index contributed by atoms with van der Waals surface area (Å²) in [6.45, 7) is 12.6. The first-order valence-electron chi connectivity index (χ1n) is 7.10. The molecule has 108 valence electrons. The third-order valence-electron chi connectivity index (χ3n) is 3.00. The summed E-state index contributed by atoms with van der Waals surface area (Å²) >= 11 is 6.22. The van der Waals surface area contributed by atoms with Gasteiger partial charge in [0.1, 0.15) is 5.82 Å². The van der Waals surface area contributed by atoms with Gasteiger partial charge in [0, 0.05) is 31.4 Å². The molecule has 0 aromatic carbocycles. The van der Waals surface area contributed by atoms with Crippen LogP contribution in [0.5, 0.6) is 0 Å². The first-order valence-corrected chi connectivity index (χ1v) is 7.48. The van der Waals surface area contributed by atoms with E-state index in [1.807, 2.05) is 0 Å². The molecule has 0 aliphatic heterocycles. The summed E-state index contributed by atoms with van der Waals surface area (Å²) < 4.78 is 0. The van der Waals surface area contributed by atoms with Gasteiger partial charge in [0.15, 0.2) is 0 Å². The Labute approximate surface area is 122 Å². The second kappa shape index (κ2) is 7.71. The van der Waals surface area contributed by atoms with Crippen molar-refractivity contribution in [3.8, 4) is 0 Å². The van der Waals surface area contributed by atoms with Crippen LogP contribution in [-0.2, 0) is 6.54 Å². The van der Waals surface area contributed by atoms with Crippen molar-refractivity contribution in [3.63, 3.8) is 0 Å². The Kier molecular flexibility index (Phi) is 6.59. The van der Waals surface area contributed by atoms with Gasteiger partial charge in [-0.05, 0) is 31.9 Å². The van der Waals surface area contributed by atoms with Crippen molar-refractivity contribution in [2.75, 3.05) is 11.4 Å². The molecule has 1 N–H and O–H groups in total. The van der Waals surface area contributed by atoms with E-state index >= 15 is 0 Å². The fourth-order valence-electron chi connectivity index (χ4n) is 1.95. The molecule has 0 unspecified atom stereocenters. The molecule has 4 heteroatoms. The lowest BCUT2D eigenvalue weighted by molar-refractivity contribution is 0.588. The molecule has 0 amide bonds. The summed E-state index contributed by atoms with van der Waals surface area (Å²) in [6.07, 6.45) is 2.88. The molecule has 1 rings (SSSR count). The molecule has 0 atom stereocenters. The Morgan fingerprint density at radius 2 is 2.00 bits per heavy atom. The predicted octanol–water partition coefficient (Wildman–Crippen LogP) is 3.86. The molecular weight excluding hydrogens is 258 g/mol. The van der Waals surface area contributed by atoms with Gasteiger partial charge in [-0.2, -0.15) is 0 Å². The lowest BCUT2D eigenvalue weighted by Crippen LogP contribution is -2.32. The summed E-state index contributed by atoms with van der Waals surface area (Å²) in [6, 6.07) is 3.00. The first kappa shape index (κ1) is 16.3. The Morgan fingerprint density at radius 3 is 2.53 bits per heavy atom. The minimum Gasteiger partial charge on any atom is -0.354 e. The van der Waals surface area contributed by atoms with E-state index in [4.69, 9.17) is 11.6 Å². The highest BCUT2D eigenvalue weighted by molar-refractivity contribution is 6.31. The second-order valence-corrected chi connectivity index (χ2v) is 5.86. The topological polar surface area (TPSA) is 28.2 Å². The number of hydrogen-bond donors (Lipinski definition) is 1. The number of halogens is 1. The monoisotopic (exact) mass is 283 g/mol. The lowest BCUT2D eigenvalue weighted by atomic mass is 10.2. The van der Waals surface area contributed by atoms with Crippen LogP contribution in [-0.4, -0.2) is 23.6 Å². The van der Waals surface area contributed by atoms with Crippen LogP contribution in [0.1, 0.15) is 46.6 Å². The maximum absolute atomic E-state index is 6.22. The van der Waals surface area contributed by atoms with Crippen LogP contribution < -0.4 is 10.2 Å². The van der Waals surface area contributed by atoms with E-state index in [-0.39, 0.29) is 0 Å². The molecule has 0 aliphatic carbocycles. The molecule has 0 fully saturated rings. The zero-order valence-electron chi connectivity index (χ0n) is 12.7. The van der Waals surface area contributed by atoms with Gasteiger partial charge in [-0.1, -0.05) is 32.4 Å². The normalized spacial score (nSPS) is 11.4. The summed E-state index contributed by atoms with van der Waals surface area (Å²) in [5.41, 5.74) is 1.11. The van der Waals surface area contributed by atoms with E-state index in [0.717, 1.165) is 35.9 Å². The van der Waals surface area contributed by atoms with Gasteiger partial charge >= 0.3 is 0 Å². The standard InChI is InChI=1S/C15H26ClN3/c1-6-7-19(12(4)5)15-8-13(9-17-11(2)3)14(16)10-18-15/h8,10-12,17H,6-7,9H2,1-5H3. The van der Waals surface area contributed by atoms with Gasteiger partial charge < -0.3 is 10.2 Å². The zero-order chi connectivity index (χ0) is 14.4. The Bertz CT molecular complexity index is 391. The highest BCUT2D eigenvalue weighted by atomic mass is 35.5. The maximum atomic E-state index is 6.22. The molecule has 0 bridgehead atoms. The van der Waals surface area contributed by atoms with Gasteiger partial charge in [0.2, 0.25) is 0 Å². The quantitative estimate of drug-likeness (QED) is 0.824. The third-order valence-corrected chi connectivity index (χ3v) is 3.34. The van der Waals surface area contributed by atoms with Crippen LogP contribution in [0.25, 0.3) is 0 Å². The molecule has 3 nitrogen and oxygen atoms in total. The van der Waals surface area contributed by atoms with Crippen LogP contribution in [0.3, 0.4) is 0 Å². The summed E-state index contributed by atoms with van der Waals surface area (Å²) in [4.78, 5) is 6.79. The molecule has 0 spiro atoms. The summed E-state index contributed by atoms with van der Waals surface area (Å²) in [5, 5.41) is 4.13. The van der Waals surface area contributed by atoms with E-state index in [1.165, 1.54) is 0 Å². The number of hydrogen-bond acceptors (Lipinski definition) is 3. The zero-order valence-corrected chi connectivity index (χ0v) is 13.5. The summed E-state index contributed by atoms with van der Waals surface area (Å²) in [5.74, 6) is 1.02. The van der Waals surface area contributed by atoms with Gasteiger partial charge in [0.05, 0.1) is 5.02 Å². The van der Waals surface area contributed by atoms with Crippen molar-refractivity contribution in [3.05, 3.63) is 22.8 Å². The fourth-order valence-corrected chi connectivity index (χ4v) is 2.12. The van der Waals surface area contributed by atoms with Crippen molar-refractivity contribution in [2.24, 2.45) is 0 Å². The Morgan fingerprint density at radius 1 is 1.32 bits per heavy atom. The first-order chi connectivity index (χ1) is 8.95. The molecule has 0 radical (unpaired) electrons. The minimum atomic E-state index is 0.444. The number of nitrogens with zero attached hydrogens (tertiary/aromatic N) is 2. The largest absolute Gasteiger partial charge is 0.354 e. The van der Waals surface area contributed by atoms with E-state index in [0.29, 0.717) is 12.1 Å². The average molecular weight is 284 g/mol. The van der Waals surface area contributed by atoms with E-state index in [9.17, 15) is 0 Å². The van der Waals surface area contributed by atoms with Crippen LogP contribution in [0, 0.1) is 0 Å². The molecule has 1 aromatic rings.